The molecule has 1 aromatic carbocycles. The Morgan fingerprint density at radius 2 is 2.21 bits per heavy atom. The molecule has 0 saturated heterocycles. The first-order valence-electron chi connectivity index (χ1n) is 6.09. The van der Waals surface area contributed by atoms with Crippen molar-refractivity contribution >= 4 is 11.9 Å². The Hall–Kier alpha value is -1.92. The lowest BCUT2D eigenvalue weighted by molar-refractivity contribution is -0.140. The topological polar surface area (TPSA) is 98.7 Å². The summed E-state index contributed by atoms with van der Waals surface area (Å²) in [5.41, 5.74) is 2.46. The summed E-state index contributed by atoms with van der Waals surface area (Å²) >= 11 is 0. The SMILES string of the molecule is O=C(NC(CO)C(=O)O)c1cccc2c1CNCC2. The van der Waals surface area contributed by atoms with Crippen molar-refractivity contribution in [2.75, 3.05) is 13.2 Å². The molecule has 1 amide bonds. The van der Waals surface area contributed by atoms with Crippen LogP contribution in [0.5, 0.6) is 0 Å². The molecule has 0 aliphatic carbocycles. The molecule has 1 aliphatic rings. The zero-order valence-corrected chi connectivity index (χ0v) is 10.3. The van der Waals surface area contributed by atoms with E-state index in [9.17, 15) is 9.59 Å². The molecule has 0 spiro atoms. The molecule has 1 heterocycles. The number of benzene rings is 1. The maximum atomic E-state index is 12.1. The molecule has 1 unspecified atom stereocenters. The van der Waals surface area contributed by atoms with E-state index in [0.717, 1.165) is 24.1 Å². The number of aliphatic hydroxyl groups excluding tert-OH is 1. The Morgan fingerprint density at radius 1 is 1.42 bits per heavy atom. The van der Waals surface area contributed by atoms with Crippen LogP contribution in [0.2, 0.25) is 0 Å². The lowest BCUT2D eigenvalue weighted by Crippen LogP contribution is -2.44. The van der Waals surface area contributed by atoms with Crippen molar-refractivity contribution < 1.29 is 19.8 Å². The van der Waals surface area contributed by atoms with Crippen LogP contribution in [0.1, 0.15) is 21.5 Å². The zero-order chi connectivity index (χ0) is 13.8. The predicted molar refractivity (Wildman–Crippen MR) is 67.8 cm³/mol. The van der Waals surface area contributed by atoms with Crippen LogP contribution in [0.25, 0.3) is 0 Å². The van der Waals surface area contributed by atoms with Gasteiger partial charge < -0.3 is 20.8 Å². The average molecular weight is 264 g/mol. The minimum Gasteiger partial charge on any atom is -0.480 e. The van der Waals surface area contributed by atoms with Gasteiger partial charge in [-0.3, -0.25) is 4.79 Å². The van der Waals surface area contributed by atoms with Gasteiger partial charge in [0, 0.05) is 12.1 Å². The first-order valence-corrected chi connectivity index (χ1v) is 6.09. The van der Waals surface area contributed by atoms with Crippen LogP contribution in [-0.2, 0) is 17.8 Å². The highest BCUT2D eigenvalue weighted by Crippen LogP contribution is 2.18. The molecule has 1 aromatic rings. The minimum atomic E-state index is -1.28. The summed E-state index contributed by atoms with van der Waals surface area (Å²) in [6.07, 6.45) is 0.846. The molecule has 0 radical (unpaired) electrons. The van der Waals surface area contributed by atoms with Gasteiger partial charge in [0.25, 0.3) is 5.91 Å². The summed E-state index contributed by atoms with van der Waals surface area (Å²) in [6.45, 7) is 0.830. The molecule has 6 nitrogen and oxygen atoms in total. The van der Waals surface area contributed by atoms with E-state index in [0.29, 0.717) is 12.1 Å². The third-order valence-corrected chi connectivity index (χ3v) is 3.18. The standard InChI is InChI=1S/C13H16N2O4/c16-7-11(13(18)19)15-12(17)9-3-1-2-8-4-5-14-6-10(8)9/h1-3,11,14,16H,4-7H2,(H,15,17)(H,18,19). The van der Waals surface area contributed by atoms with E-state index >= 15 is 0 Å². The number of hydrogen-bond acceptors (Lipinski definition) is 4. The molecule has 0 aromatic heterocycles. The molecular formula is C13H16N2O4. The molecule has 2 rings (SSSR count). The molecule has 0 fully saturated rings. The van der Waals surface area contributed by atoms with Crippen LogP contribution >= 0.6 is 0 Å². The Balaban J connectivity index is 2.22. The van der Waals surface area contributed by atoms with Crippen molar-refractivity contribution in [1.29, 1.82) is 0 Å². The number of rotatable bonds is 4. The second-order valence-corrected chi connectivity index (χ2v) is 4.42. The highest BCUT2D eigenvalue weighted by atomic mass is 16.4. The Bertz CT molecular complexity index is 501. The van der Waals surface area contributed by atoms with Crippen LogP contribution in [0.3, 0.4) is 0 Å². The smallest absolute Gasteiger partial charge is 0.328 e. The number of carboxylic acids is 1. The fraction of sp³-hybridized carbons (Fsp3) is 0.385. The predicted octanol–water partition coefficient (Wildman–Crippen LogP) is -0.492. The fourth-order valence-corrected chi connectivity index (χ4v) is 2.15. The van der Waals surface area contributed by atoms with E-state index < -0.39 is 24.5 Å². The molecular weight excluding hydrogens is 248 g/mol. The van der Waals surface area contributed by atoms with E-state index in [2.05, 4.69) is 10.6 Å². The maximum Gasteiger partial charge on any atom is 0.328 e. The first kappa shape index (κ1) is 13.5. The Labute approximate surface area is 110 Å². The van der Waals surface area contributed by atoms with Gasteiger partial charge in [-0.25, -0.2) is 4.79 Å². The highest BCUT2D eigenvalue weighted by molar-refractivity contribution is 5.98. The van der Waals surface area contributed by atoms with Crippen LogP contribution in [-0.4, -0.2) is 41.3 Å². The van der Waals surface area contributed by atoms with E-state index in [-0.39, 0.29) is 0 Å². The van der Waals surface area contributed by atoms with Gasteiger partial charge in [-0.2, -0.15) is 0 Å². The van der Waals surface area contributed by atoms with Gasteiger partial charge in [-0.15, -0.1) is 0 Å². The normalized spacial score (nSPS) is 15.4. The monoisotopic (exact) mass is 264 g/mol. The van der Waals surface area contributed by atoms with Crippen molar-refractivity contribution in [2.24, 2.45) is 0 Å². The number of aliphatic carboxylic acids is 1. The van der Waals surface area contributed by atoms with Crippen molar-refractivity contribution in [3.05, 3.63) is 34.9 Å². The highest BCUT2D eigenvalue weighted by Gasteiger charge is 2.22. The summed E-state index contributed by atoms with van der Waals surface area (Å²) in [6, 6.07) is 4.14. The van der Waals surface area contributed by atoms with Gasteiger partial charge in [0.2, 0.25) is 0 Å². The second kappa shape index (κ2) is 5.81. The van der Waals surface area contributed by atoms with E-state index in [4.69, 9.17) is 10.2 Å². The van der Waals surface area contributed by atoms with Gasteiger partial charge in [0.15, 0.2) is 6.04 Å². The van der Waals surface area contributed by atoms with Gasteiger partial charge in [0.05, 0.1) is 6.61 Å². The summed E-state index contributed by atoms with van der Waals surface area (Å²) < 4.78 is 0. The first-order chi connectivity index (χ1) is 9.13. The second-order valence-electron chi connectivity index (χ2n) is 4.42. The number of carbonyl (C=O) groups is 2. The number of carboxylic acid groups (broad SMARTS) is 1. The van der Waals surface area contributed by atoms with Crippen LogP contribution in [0, 0.1) is 0 Å². The number of nitrogens with one attached hydrogen (secondary N) is 2. The van der Waals surface area contributed by atoms with Crippen LogP contribution < -0.4 is 10.6 Å². The lowest BCUT2D eigenvalue weighted by atomic mass is 9.95. The Morgan fingerprint density at radius 3 is 2.89 bits per heavy atom. The number of amides is 1. The van der Waals surface area contributed by atoms with Gasteiger partial charge in [-0.05, 0) is 30.2 Å². The van der Waals surface area contributed by atoms with Crippen molar-refractivity contribution in [1.82, 2.24) is 10.6 Å². The molecule has 0 saturated carbocycles. The van der Waals surface area contributed by atoms with Crippen LogP contribution in [0.15, 0.2) is 18.2 Å². The molecule has 6 heteroatoms. The quantitative estimate of drug-likeness (QED) is 0.588. The van der Waals surface area contributed by atoms with Crippen molar-refractivity contribution in [3.8, 4) is 0 Å². The number of aliphatic hydroxyl groups is 1. The van der Waals surface area contributed by atoms with Crippen molar-refractivity contribution in [3.63, 3.8) is 0 Å². The van der Waals surface area contributed by atoms with Crippen molar-refractivity contribution in [2.45, 2.75) is 19.0 Å². The lowest BCUT2D eigenvalue weighted by Gasteiger charge is -2.20. The van der Waals surface area contributed by atoms with Gasteiger partial charge >= 0.3 is 5.97 Å². The molecule has 19 heavy (non-hydrogen) atoms. The third-order valence-electron chi connectivity index (χ3n) is 3.18. The number of hydrogen-bond donors (Lipinski definition) is 4. The summed E-state index contributed by atoms with van der Waals surface area (Å²) in [5.74, 6) is -1.72. The summed E-state index contributed by atoms with van der Waals surface area (Å²) in [4.78, 5) is 22.9. The maximum absolute atomic E-state index is 12.1. The van der Waals surface area contributed by atoms with E-state index in [1.165, 1.54) is 0 Å². The molecule has 0 bridgehead atoms. The third kappa shape index (κ3) is 2.91. The van der Waals surface area contributed by atoms with Crippen LogP contribution in [0.4, 0.5) is 0 Å². The molecule has 102 valence electrons. The fourth-order valence-electron chi connectivity index (χ4n) is 2.15. The zero-order valence-electron chi connectivity index (χ0n) is 10.3. The minimum absolute atomic E-state index is 0.462. The summed E-state index contributed by atoms with van der Waals surface area (Å²) in [5, 5.41) is 23.2. The average Bonchev–Trinajstić information content (AvgIpc) is 2.43. The van der Waals surface area contributed by atoms with Gasteiger partial charge in [-0.1, -0.05) is 12.1 Å². The molecule has 1 atom stereocenters. The largest absolute Gasteiger partial charge is 0.480 e. The van der Waals surface area contributed by atoms with E-state index in [1.54, 1.807) is 12.1 Å². The Kier molecular flexibility index (Phi) is 4.13. The summed E-state index contributed by atoms with van der Waals surface area (Å²) in [7, 11) is 0. The number of fused-ring (bicyclic) bond motifs is 1. The molecule has 1 aliphatic heterocycles. The number of carbonyl (C=O) groups excluding carboxylic acids is 1. The van der Waals surface area contributed by atoms with Gasteiger partial charge in [0.1, 0.15) is 0 Å². The van der Waals surface area contributed by atoms with E-state index in [1.807, 2.05) is 6.07 Å². The molecule has 4 N–H and O–H groups in total.